The Morgan fingerprint density at radius 2 is 2.28 bits per heavy atom. The van der Waals surface area contributed by atoms with E-state index in [2.05, 4.69) is 5.32 Å². The van der Waals surface area contributed by atoms with Gasteiger partial charge in [-0.1, -0.05) is 6.42 Å². The van der Waals surface area contributed by atoms with Gasteiger partial charge < -0.3 is 20.9 Å². The molecule has 2 atom stereocenters. The lowest BCUT2D eigenvalue weighted by Crippen LogP contribution is -2.25. The highest BCUT2D eigenvalue weighted by Crippen LogP contribution is 2.27. The fourth-order valence-corrected chi connectivity index (χ4v) is 2.53. The summed E-state index contributed by atoms with van der Waals surface area (Å²) in [5, 5.41) is 13.0. The van der Waals surface area contributed by atoms with Crippen molar-refractivity contribution in [2.45, 2.75) is 31.8 Å². The minimum atomic E-state index is -0.126. The molecule has 0 aromatic heterocycles. The third kappa shape index (κ3) is 3.29. The lowest BCUT2D eigenvalue weighted by molar-refractivity contribution is 0.105. The van der Waals surface area contributed by atoms with Crippen LogP contribution >= 0.6 is 0 Å². The van der Waals surface area contributed by atoms with Crippen LogP contribution in [0.3, 0.4) is 0 Å². The summed E-state index contributed by atoms with van der Waals surface area (Å²) in [5.74, 6) is 1.31. The van der Waals surface area contributed by atoms with E-state index in [-0.39, 0.29) is 6.10 Å². The topological polar surface area (TPSA) is 67.5 Å². The number of nitrogen functional groups attached to an aromatic ring is 1. The SMILES string of the molecule is COc1ccc(NCC2CCCC(O)C2)c(N)c1. The molecule has 1 aromatic carbocycles. The molecule has 2 rings (SSSR count). The van der Waals surface area contributed by atoms with Crippen LogP contribution in [-0.2, 0) is 0 Å². The number of nitrogens with one attached hydrogen (secondary N) is 1. The molecule has 4 heteroatoms. The summed E-state index contributed by atoms with van der Waals surface area (Å²) in [5.41, 5.74) is 7.59. The van der Waals surface area contributed by atoms with Gasteiger partial charge in [-0.2, -0.15) is 0 Å². The van der Waals surface area contributed by atoms with Gasteiger partial charge in [0.2, 0.25) is 0 Å². The molecule has 0 saturated heterocycles. The first kappa shape index (κ1) is 13.0. The van der Waals surface area contributed by atoms with E-state index in [1.807, 2.05) is 18.2 Å². The molecule has 0 aliphatic heterocycles. The third-order valence-corrected chi connectivity index (χ3v) is 3.60. The smallest absolute Gasteiger partial charge is 0.121 e. The predicted octanol–water partition coefficient (Wildman–Crippen LogP) is 2.24. The summed E-state index contributed by atoms with van der Waals surface area (Å²) >= 11 is 0. The molecule has 0 radical (unpaired) electrons. The molecular formula is C14H22N2O2. The monoisotopic (exact) mass is 250 g/mol. The number of benzene rings is 1. The molecule has 4 nitrogen and oxygen atoms in total. The Kier molecular flexibility index (Phi) is 4.31. The Labute approximate surface area is 108 Å². The Morgan fingerprint density at radius 3 is 2.94 bits per heavy atom. The normalized spacial score (nSPS) is 23.7. The van der Waals surface area contributed by atoms with Gasteiger partial charge in [0.05, 0.1) is 24.6 Å². The van der Waals surface area contributed by atoms with Crippen LogP contribution in [0.5, 0.6) is 5.75 Å². The molecule has 1 saturated carbocycles. The highest BCUT2D eigenvalue weighted by molar-refractivity contribution is 5.68. The second-order valence-corrected chi connectivity index (χ2v) is 5.02. The van der Waals surface area contributed by atoms with Crippen LogP contribution < -0.4 is 15.8 Å². The second-order valence-electron chi connectivity index (χ2n) is 5.02. The Balaban J connectivity index is 1.89. The highest BCUT2D eigenvalue weighted by atomic mass is 16.5. The zero-order valence-corrected chi connectivity index (χ0v) is 10.9. The second kappa shape index (κ2) is 5.96. The maximum absolute atomic E-state index is 9.63. The fraction of sp³-hybridized carbons (Fsp3) is 0.571. The summed E-state index contributed by atoms with van der Waals surface area (Å²) < 4.78 is 5.12. The molecule has 100 valence electrons. The van der Waals surface area contributed by atoms with Gasteiger partial charge >= 0.3 is 0 Å². The van der Waals surface area contributed by atoms with E-state index in [4.69, 9.17) is 10.5 Å². The van der Waals surface area contributed by atoms with Crippen LogP contribution in [0.15, 0.2) is 18.2 Å². The van der Waals surface area contributed by atoms with Gasteiger partial charge in [-0.3, -0.25) is 0 Å². The average Bonchev–Trinajstić information content (AvgIpc) is 2.37. The van der Waals surface area contributed by atoms with E-state index in [9.17, 15) is 5.11 Å². The Hall–Kier alpha value is -1.42. The van der Waals surface area contributed by atoms with Crippen molar-refractivity contribution in [3.05, 3.63) is 18.2 Å². The lowest BCUT2D eigenvalue weighted by atomic mass is 9.87. The number of methoxy groups -OCH3 is 1. The molecular weight excluding hydrogens is 228 g/mol. The van der Waals surface area contributed by atoms with E-state index in [0.717, 1.165) is 37.2 Å². The number of aliphatic hydroxyl groups excluding tert-OH is 1. The molecule has 2 unspecified atom stereocenters. The summed E-state index contributed by atoms with van der Waals surface area (Å²) in [6, 6.07) is 5.65. The van der Waals surface area contributed by atoms with E-state index in [1.165, 1.54) is 6.42 Å². The molecule has 1 aromatic rings. The quantitative estimate of drug-likeness (QED) is 0.717. The molecule has 18 heavy (non-hydrogen) atoms. The van der Waals surface area contributed by atoms with Gasteiger partial charge in [0, 0.05) is 12.6 Å². The van der Waals surface area contributed by atoms with Gasteiger partial charge in [0.15, 0.2) is 0 Å². The molecule has 1 aliphatic rings. The van der Waals surface area contributed by atoms with Gasteiger partial charge in [0.1, 0.15) is 5.75 Å². The van der Waals surface area contributed by atoms with Gasteiger partial charge in [-0.05, 0) is 37.3 Å². The van der Waals surface area contributed by atoms with E-state index in [1.54, 1.807) is 7.11 Å². The first-order chi connectivity index (χ1) is 8.69. The number of hydrogen-bond donors (Lipinski definition) is 3. The molecule has 4 N–H and O–H groups in total. The Morgan fingerprint density at radius 1 is 1.44 bits per heavy atom. The number of aliphatic hydroxyl groups is 1. The third-order valence-electron chi connectivity index (χ3n) is 3.60. The van der Waals surface area contributed by atoms with Crippen LogP contribution in [0, 0.1) is 5.92 Å². The van der Waals surface area contributed by atoms with Gasteiger partial charge in [-0.15, -0.1) is 0 Å². The van der Waals surface area contributed by atoms with Crippen molar-refractivity contribution in [1.29, 1.82) is 0 Å². The Bertz CT molecular complexity index is 395. The van der Waals surface area contributed by atoms with E-state index >= 15 is 0 Å². The van der Waals surface area contributed by atoms with Gasteiger partial charge in [0.25, 0.3) is 0 Å². The first-order valence-electron chi connectivity index (χ1n) is 6.54. The van der Waals surface area contributed by atoms with Crippen molar-refractivity contribution in [2.75, 3.05) is 24.7 Å². The van der Waals surface area contributed by atoms with Crippen LogP contribution in [0.1, 0.15) is 25.7 Å². The van der Waals surface area contributed by atoms with Crippen molar-refractivity contribution >= 4 is 11.4 Å². The predicted molar refractivity (Wildman–Crippen MR) is 73.9 cm³/mol. The minimum Gasteiger partial charge on any atom is -0.497 e. The molecule has 0 spiro atoms. The lowest BCUT2D eigenvalue weighted by Gasteiger charge is -2.26. The van der Waals surface area contributed by atoms with Crippen molar-refractivity contribution in [2.24, 2.45) is 5.92 Å². The molecule has 1 fully saturated rings. The molecule has 0 heterocycles. The first-order valence-corrected chi connectivity index (χ1v) is 6.54. The fourth-order valence-electron chi connectivity index (χ4n) is 2.53. The van der Waals surface area contributed by atoms with Gasteiger partial charge in [-0.25, -0.2) is 0 Å². The number of anilines is 2. The van der Waals surface area contributed by atoms with Crippen molar-refractivity contribution in [3.8, 4) is 5.75 Å². The maximum Gasteiger partial charge on any atom is 0.121 e. The van der Waals surface area contributed by atoms with Crippen LogP contribution in [0.4, 0.5) is 11.4 Å². The largest absolute Gasteiger partial charge is 0.497 e. The molecule has 0 bridgehead atoms. The standard InChI is InChI=1S/C14H22N2O2/c1-18-12-5-6-14(13(15)8-12)16-9-10-3-2-4-11(17)7-10/h5-6,8,10-11,16-17H,2-4,7,9,15H2,1H3. The number of ether oxygens (including phenoxy) is 1. The average molecular weight is 250 g/mol. The van der Waals surface area contributed by atoms with E-state index in [0.29, 0.717) is 11.6 Å². The summed E-state index contributed by atoms with van der Waals surface area (Å²) in [6.07, 6.45) is 4.01. The number of hydrogen-bond acceptors (Lipinski definition) is 4. The summed E-state index contributed by atoms with van der Waals surface area (Å²) in [6.45, 7) is 0.869. The summed E-state index contributed by atoms with van der Waals surface area (Å²) in [4.78, 5) is 0. The van der Waals surface area contributed by atoms with Crippen LogP contribution in [-0.4, -0.2) is 24.9 Å². The van der Waals surface area contributed by atoms with Crippen LogP contribution in [0.25, 0.3) is 0 Å². The van der Waals surface area contributed by atoms with Crippen molar-refractivity contribution in [3.63, 3.8) is 0 Å². The summed E-state index contributed by atoms with van der Waals surface area (Å²) in [7, 11) is 1.63. The maximum atomic E-state index is 9.63. The van der Waals surface area contributed by atoms with E-state index < -0.39 is 0 Å². The number of rotatable bonds is 4. The van der Waals surface area contributed by atoms with Crippen molar-refractivity contribution < 1.29 is 9.84 Å². The van der Waals surface area contributed by atoms with Crippen molar-refractivity contribution in [1.82, 2.24) is 0 Å². The zero-order chi connectivity index (χ0) is 13.0. The molecule has 1 aliphatic carbocycles. The van der Waals surface area contributed by atoms with Crippen LogP contribution in [0.2, 0.25) is 0 Å². The minimum absolute atomic E-state index is 0.126. The zero-order valence-electron chi connectivity index (χ0n) is 10.9. The number of nitrogens with two attached hydrogens (primary N) is 1. The molecule has 0 amide bonds. The highest BCUT2D eigenvalue weighted by Gasteiger charge is 2.19.